The van der Waals surface area contributed by atoms with Crippen LogP contribution in [0.2, 0.25) is 0 Å². The molecule has 174 valence electrons. The molecule has 0 radical (unpaired) electrons. The molecule has 1 saturated heterocycles. The third-order valence-electron chi connectivity index (χ3n) is 5.46. The smallest absolute Gasteiger partial charge is 0.255 e. The van der Waals surface area contributed by atoms with Crippen molar-refractivity contribution in [2.24, 2.45) is 0 Å². The summed E-state index contributed by atoms with van der Waals surface area (Å²) >= 11 is 1.45. The van der Waals surface area contributed by atoms with Gasteiger partial charge in [-0.25, -0.2) is 13.1 Å². The summed E-state index contributed by atoms with van der Waals surface area (Å²) in [4.78, 5) is 15.9. The fraction of sp³-hybridized carbons (Fsp3) is 0.458. The summed E-state index contributed by atoms with van der Waals surface area (Å²) in [7, 11) is -3.76. The summed E-state index contributed by atoms with van der Waals surface area (Å²) in [5.41, 5.74) is 2.64. The van der Waals surface area contributed by atoms with Crippen molar-refractivity contribution in [3.63, 3.8) is 0 Å². The molecule has 1 amide bonds. The van der Waals surface area contributed by atoms with Gasteiger partial charge in [-0.15, -0.1) is 11.8 Å². The van der Waals surface area contributed by atoms with Crippen LogP contribution in [0.15, 0.2) is 46.2 Å². The number of hydrogen-bond donors (Lipinski definition) is 1. The Kier molecular flexibility index (Phi) is 8.62. The van der Waals surface area contributed by atoms with E-state index in [2.05, 4.69) is 10.8 Å². The first-order valence-corrected chi connectivity index (χ1v) is 13.7. The van der Waals surface area contributed by atoms with E-state index in [-0.39, 0.29) is 24.0 Å². The van der Waals surface area contributed by atoms with Gasteiger partial charge in [-0.05, 0) is 74.4 Å². The molecule has 0 unspecified atom stereocenters. The molecular weight excluding hydrogens is 444 g/mol. The maximum atomic E-state index is 13.2. The molecule has 1 fully saturated rings. The number of amides is 1. The van der Waals surface area contributed by atoms with Gasteiger partial charge in [-0.1, -0.05) is 18.9 Å². The van der Waals surface area contributed by atoms with E-state index in [1.54, 1.807) is 12.1 Å². The van der Waals surface area contributed by atoms with Crippen molar-refractivity contribution in [1.29, 1.82) is 0 Å². The number of aryl methyl sites for hydroxylation is 2. The van der Waals surface area contributed by atoms with E-state index >= 15 is 0 Å². The molecule has 8 heteroatoms. The van der Waals surface area contributed by atoms with Gasteiger partial charge in [-0.3, -0.25) is 4.79 Å². The molecule has 2 aromatic carbocycles. The number of rotatable bonds is 8. The quantitative estimate of drug-likeness (QED) is 0.451. The highest BCUT2D eigenvalue weighted by Crippen LogP contribution is 2.26. The molecule has 1 aliphatic rings. The first-order chi connectivity index (χ1) is 15.3. The molecular formula is C24H32N2O4S2. The number of carbonyl (C=O) groups is 1. The lowest BCUT2D eigenvalue weighted by atomic mass is 10.1. The monoisotopic (exact) mass is 476 g/mol. The molecule has 3 rings (SSSR count). The normalized spacial score (nSPS) is 14.8. The number of benzene rings is 2. The number of nitrogens with one attached hydrogen (secondary N) is 1. The Bertz CT molecular complexity index is 1030. The fourth-order valence-electron chi connectivity index (χ4n) is 3.91. The van der Waals surface area contributed by atoms with Gasteiger partial charge in [-0.2, -0.15) is 0 Å². The van der Waals surface area contributed by atoms with Crippen LogP contribution < -0.4 is 9.46 Å². The average molecular weight is 477 g/mol. The van der Waals surface area contributed by atoms with Crippen molar-refractivity contribution in [3.8, 4) is 5.75 Å². The Labute approximate surface area is 195 Å². The summed E-state index contributed by atoms with van der Waals surface area (Å²) in [6, 6.07) is 10.7. The van der Waals surface area contributed by atoms with Crippen molar-refractivity contribution in [3.05, 3.63) is 53.1 Å². The Morgan fingerprint density at radius 1 is 1.03 bits per heavy atom. The average Bonchev–Trinajstić information content (AvgIpc) is 3.05. The minimum absolute atomic E-state index is 0.0912. The van der Waals surface area contributed by atoms with Crippen LogP contribution in [0.1, 0.15) is 47.2 Å². The molecule has 2 aromatic rings. The molecule has 0 aliphatic carbocycles. The number of hydrogen-bond acceptors (Lipinski definition) is 5. The van der Waals surface area contributed by atoms with Crippen LogP contribution in [0.5, 0.6) is 5.75 Å². The van der Waals surface area contributed by atoms with Crippen molar-refractivity contribution in [2.75, 3.05) is 32.5 Å². The van der Waals surface area contributed by atoms with E-state index < -0.39 is 10.0 Å². The summed E-state index contributed by atoms with van der Waals surface area (Å²) in [6.45, 7) is 5.77. The minimum Gasteiger partial charge on any atom is -0.492 e. The second-order valence-electron chi connectivity index (χ2n) is 8.14. The number of nitrogens with zero attached hydrogens (tertiary/aromatic N) is 1. The zero-order valence-corrected chi connectivity index (χ0v) is 20.7. The van der Waals surface area contributed by atoms with Crippen LogP contribution in [0.25, 0.3) is 0 Å². The van der Waals surface area contributed by atoms with E-state index in [4.69, 9.17) is 4.74 Å². The van der Waals surface area contributed by atoms with Gasteiger partial charge in [0.05, 0.1) is 10.5 Å². The van der Waals surface area contributed by atoms with Gasteiger partial charge >= 0.3 is 0 Å². The van der Waals surface area contributed by atoms with E-state index in [1.807, 2.05) is 37.1 Å². The second-order valence-corrected chi connectivity index (χ2v) is 10.8. The predicted octanol–water partition coefficient (Wildman–Crippen LogP) is 4.40. The van der Waals surface area contributed by atoms with Crippen LogP contribution in [0.4, 0.5) is 0 Å². The molecule has 6 nitrogen and oxygen atoms in total. The minimum atomic E-state index is -3.76. The highest BCUT2D eigenvalue weighted by Gasteiger charge is 2.23. The van der Waals surface area contributed by atoms with E-state index in [9.17, 15) is 13.2 Å². The lowest BCUT2D eigenvalue weighted by Crippen LogP contribution is -2.33. The number of thioether (sulfide) groups is 1. The maximum absolute atomic E-state index is 13.2. The first-order valence-electron chi connectivity index (χ1n) is 11.0. The lowest BCUT2D eigenvalue weighted by molar-refractivity contribution is 0.0758. The molecule has 0 atom stereocenters. The van der Waals surface area contributed by atoms with Crippen molar-refractivity contribution in [2.45, 2.75) is 49.3 Å². The Morgan fingerprint density at radius 3 is 2.31 bits per heavy atom. The third-order valence-corrected chi connectivity index (χ3v) is 7.72. The summed E-state index contributed by atoms with van der Waals surface area (Å²) < 4.78 is 34.0. The zero-order chi connectivity index (χ0) is 23.1. The number of sulfonamides is 1. The van der Waals surface area contributed by atoms with Crippen molar-refractivity contribution < 1.29 is 17.9 Å². The molecule has 0 aromatic heterocycles. The van der Waals surface area contributed by atoms with Gasteiger partial charge < -0.3 is 9.64 Å². The molecule has 1 aliphatic heterocycles. The van der Waals surface area contributed by atoms with Gasteiger partial charge in [0, 0.05) is 24.5 Å². The Hall–Kier alpha value is -2.03. The van der Waals surface area contributed by atoms with Crippen LogP contribution in [-0.4, -0.2) is 51.7 Å². The number of likely N-dealkylation sites (tertiary alicyclic amines) is 1. The third kappa shape index (κ3) is 6.49. The molecule has 0 spiro atoms. The standard InChI is InChI=1S/C24H32N2O4S2/c1-18-14-19(2)16-20(15-18)30-13-10-25-32(28,29)21-8-9-23(31-3)22(17-21)24(27)26-11-6-4-5-7-12-26/h8-9,14-17,25H,4-7,10-13H2,1-3H3. The summed E-state index contributed by atoms with van der Waals surface area (Å²) in [6.07, 6.45) is 6.12. The van der Waals surface area contributed by atoms with Crippen LogP contribution >= 0.6 is 11.8 Å². The van der Waals surface area contributed by atoms with Crippen LogP contribution in [0.3, 0.4) is 0 Å². The van der Waals surface area contributed by atoms with Crippen LogP contribution in [-0.2, 0) is 10.0 Å². The van der Waals surface area contributed by atoms with Crippen LogP contribution in [0, 0.1) is 13.8 Å². The van der Waals surface area contributed by atoms with Crippen molar-refractivity contribution >= 4 is 27.7 Å². The number of ether oxygens (including phenoxy) is 1. The topological polar surface area (TPSA) is 75.7 Å². The maximum Gasteiger partial charge on any atom is 0.255 e. The van der Waals surface area contributed by atoms with E-state index in [0.29, 0.717) is 5.56 Å². The molecule has 32 heavy (non-hydrogen) atoms. The SMILES string of the molecule is CSc1ccc(S(=O)(=O)NCCOc2cc(C)cc(C)c2)cc1C(=O)N1CCCCCC1. The molecule has 1 heterocycles. The van der Waals surface area contributed by atoms with Crippen molar-refractivity contribution in [1.82, 2.24) is 9.62 Å². The van der Waals surface area contributed by atoms with Gasteiger partial charge in [0.25, 0.3) is 5.91 Å². The fourth-order valence-corrected chi connectivity index (χ4v) is 5.52. The van der Waals surface area contributed by atoms with Gasteiger partial charge in [0.2, 0.25) is 10.0 Å². The first kappa shape index (κ1) is 24.6. The lowest BCUT2D eigenvalue weighted by Gasteiger charge is -2.22. The molecule has 1 N–H and O–H groups in total. The summed E-state index contributed by atoms with van der Waals surface area (Å²) in [5, 5.41) is 0. The highest BCUT2D eigenvalue weighted by molar-refractivity contribution is 7.98. The van der Waals surface area contributed by atoms with E-state index in [1.165, 1.54) is 17.8 Å². The predicted molar refractivity (Wildman–Crippen MR) is 129 cm³/mol. The highest BCUT2D eigenvalue weighted by atomic mass is 32.2. The molecule has 0 saturated carbocycles. The zero-order valence-electron chi connectivity index (χ0n) is 19.0. The summed E-state index contributed by atoms with van der Waals surface area (Å²) in [5.74, 6) is 0.628. The van der Waals surface area contributed by atoms with E-state index in [0.717, 1.165) is 60.5 Å². The Balaban J connectivity index is 1.68. The largest absolute Gasteiger partial charge is 0.492 e. The molecule has 0 bridgehead atoms. The van der Waals surface area contributed by atoms with Gasteiger partial charge in [0.15, 0.2) is 0 Å². The number of carbonyl (C=O) groups excluding carboxylic acids is 1. The second kappa shape index (κ2) is 11.2. The Morgan fingerprint density at radius 2 is 1.69 bits per heavy atom. The van der Waals surface area contributed by atoms with Gasteiger partial charge in [0.1, 0.15) is 12.4 Å².